The fourth-order valence-corrected chi connectivity index (χ4v) is 18.8. The molecule has 8 saturated heterocycles. The van der Waals surface area contributed by atoms with Crippen LogP contribution >= 0.6 is 94.0 Å². The molecule has 8 fully saturated rings. The maximum absolute atomic E-state index is 4.69. The minimum absolute atomic E-state index is 0.633. The first-order valence-electron chi connectivity index (χ1n) is 22.9. The fourth-order valence-electron chi connectivity index (χ4n) is 11.7. The summed E-state index contributed by atoms with van der Waals surface area (Å²) in [6.07, 6.45) is 11.6. The smallest absolute Gasteiger partial charge is 0.134 e. The van der Waals surface area contributed by atoms with Gasteiger partial charge in [0, 0.05) is 76.0 Å². The molecule has 0 N–H and O–H groups in total. The average molecular weight is 976 g/mol. The van der Waals surface area contributed by atoms with Crippen molar-refractivity contribution >= 4 is 94.0 Å². The number of hydrogen-bond donors (Lipinski definition) is 0. The van der Waals surface area contributed by atoms with Crippen LogP contribution in [0.3, 0.4) is 0 Å². The molecule has 0 spiro atoms. The second-order valence-electron chi connectivity index (χ2n) is 18.6. The molecule has 8 bridgehead atoms. The lowest BCUT2D eigenvalue weighted by Crippen LogP contribution is -2.22. The van der Waals surface area contributed by atoms with Crippen LogP contribution in [-0.2, 0) is 0 Å². The Morgan fingerprint density at radius 3 is 0.836 bits per heavy atom. The summed E-state index contributed by atoms with van der Waals surface area (Å²) in [6, 6.07) is 0. The van der Waals surface area contributed by atoms with Crippen molar-refractivity contribution in [2.24, 2.45) is 23.7 Å². The lowest BCUT2D eigenvalue weighted by Gasteiger charge is -2.20. The van der Waals surface area contributed by atoms with Crippen LogP contribution in [0.15, 0.2) is 20.1 Å². The zero-order valence-corrected chi connectivity index (χ0v) is 41.5. The lowest BCUT2D eigenvalue weighted by atomic mass is 9.90. The quantitative estimate of drug-likeness (QED) is 0.0664. The van der Waals surface area contributed by atoms with Crippen molar-refractivity contribution in [2.75, 3.05) is 102 Å². The van der Waals surface area contributed by atoms with Gasteiger partial charge in [0.1, 0.15) is 20.1 Å². The predicted molar refractivity (Wildman–Crippen MR) is 255 cm³/mol. The standard InChI is InChI=1S/C21H30N6S4.C20H28N6S4/c1(2-8-28-20-18(22-30-24-20)16-12-26-6-4-14(16)10-26)3-9-29-21-19(23-31-25-21)17-13-27-7-5-15(17)11-27;1(7-27-19-17(21-29-23-19)15-11-25-5-3-13(15)9-25)2-8-28-20-18(22-30-24-20)16-12-26-6-4-14(16)10-26/h14-17H,1-13H2;13-16H,1-12H2. The number of thioether (sulfide) groups is 4. The zero-order valence-electron chi connectivity index (χ0n) is 34.9. The highest BCUT2D eigenvalue weighted by Gasteiger charge is 2.44. The van der Waals surface area contributed by atoms with Gasteiger partial charge in [0.15, 0.2) is 0 Å². The SMILES string of the molecule is C(CCSc1nsnc1C1CN2CCC1C2)CCSc1nsnc1C1CN2CCC1C2.C(CCSc1nsnc1C1CN2CCC1C2)CSc1nsnc1C1CN2CCC1C2. The maximum Gasteiger partial charge on any atom is 0.134 e. The number of aromatic nitrogens is 8. The molecular formula is C41H58N12S8. The molecule has 12 atom stereocenters. The number of piperidine rings is 4. The molecule has 61 heavy (non-hydrogen) atoms. The summed E-state index contributed by atoms with van der Waals surface area (Å²) in [5, 5.41) is 4.86. The van der Waals surface area contributed by atoms with Crippen LogP contribution < -0.4 is 0 Å². The normalized spacial score (nSPS) is 34.0. The summed E-state index contributed by atoms with van der Waals surface area (Å²) in [7, 11) is 0. The van der Waals surface area contributed by atoms with Crippen LogP contribution in [0.1, 0.15) is 104 Å². The van der Waals surface area contributed by atoms with Crippen molar-refractivity contribution in [1.82, 2.24) is 54.6 Å². The molecule has 8 aliphatic rings. The summed E-state index contributed by atoms with van der Waals surface area (Å²) in [5.74, 6) is 10.4. The number of unbranched alkanes of at least 4 members (excludes halogenated alkanes) is 3. The van der Waals surface area contributed by atoms with Crippen molar-refractivity contribution < 1.29 is 0 Å². The van der Waals surface area contributed by atoms with Gasteiger partial charge in [0.2, 0.25) is 0 Å². The van der Waals surface area contributed by atoms with E-state index in [1.165, 1.54) is 226 Å². The van der Waals surface area contributed by atoms with E-state index in [4.69, 9.17) is 17.5 Å². The van der Waals surface area contributed by atoms with Crippen molar-refractivity contribution in [3.8, 4) is 0 Å². The monoisotopic (exact) mass is 974 g/mol. The molecule has 4 aromatic heterocycles. The van der Waals surface area contributed by atoms with Gasteiger partial charge in [-0.05, 0) is 124 Å². The molecule has 0 radical (unpaired) electrons. The van der Waals surface area contributed by atoms with Crippen molar-refractivity contribution in [1.29, 1.82) is 0 Å². The first-order valence-corrected chi connectivity index (χ1v) is 29.8. The van der Waals surface area contributed by atoms with E-state index in [1.54, 1.807) is 0 Å². The largest absolute Gasteiger partial charge is 0.302 e. The van der Waals surface area contributed by atoms with Gasteiger partial charge in [0.05, 0.1) is 69.7 Å². The first-order chi connectivity index (χ1) is 30.2. The van der Waals surface area contributed by atoms with E-state index in [0.717, 1.165) is 46.7 Å². The molecule has 0 aromatic carbocycles. The second-order valence-corrected chi connectivity index (χ2v) is 25.1. The summed E-state index contributed by atoms with van der Waals surface area (Å²) in [6.45, 7) is 15.1. The van der Waals surface area contributed by atoms with Gasteiger partial charge >= 0.3 is 0 Å². The third-order valence-corrected chi connectivity index (χ3v) is 21.8. The Morgan fingerprint density at radius 1 is 0.344 bits per heavy atom. The molecule has 12 nitrogen and oxygen atoms in total. The third kappa shape index (κ3) is 9.68. The van der Waals surface area contributed by atoms with E-state index in [9.17, 15) is 0 Å². The van der Waals surface area contributed by atoms with Crippen LogP contribution in [-0.4, -0.2) is 156 Å². The zero-order chi connectivity index (χ0) is 40.5. The maximum atomic E-state index is 4.69. The van der Waals surface area contributed by atoms with Crippen molar-refractivity contribution in [3.63, 3.8) is 0 Å². The Hall–Kier alpha value is -0.520. The highest BCUT2D eigenvalue weighted by molar-refractivity contribution is 8.00. The third-order valence-electron chi connectivity index (χ3n) is 14.9. The van der Waals surface area contributed by atoms with Crippen LogP contribution in [0.5, 0.6) is 0 Å². The summed E-state index contributed by atoms with van der Waals surface area (Å²) in [4.78, 5) is 10.4. The fraction of sp³-hybridized carbons (Fsp3) is 0.805. The summed E-state index contributed by atoms with van der Waals surface area (Å²) >= 11 is 13.4. The Balaban J connectivity index is 0.000000138. The van der Waals surface area contributed by atoms with E-state index >= 15 is 0 Å². The number of hydrogen-bond acceptors (Lipinski definition) is 20. The van der Waals surface area contributed by atoms with Crippen molar-refractivity contribution in [2.45, 2.75) is 102 Å². The van der Waals surface area contributed by atoms with E-state index in [2.05, 4.69) is 37.1 Å². The lowest BCUT2D eigenvalue weighted by molar-refractivity contribution is 0.342. The van der Waals surface area contributed by atoms with Crippen LogP contribution in [0.25, 0.3) is 0 Å². The van der Waals surface area contributed by atoms with E-state index in [0.29, 0.717) is 23.7 Å². The Bertz CT molecular complexity index is 1900. The van der Waals surface area contributed by atoms with Crippen LogP contribution in [0, 0.1) is 23.7 Å². The average Bonchev–Trinajstić information content (AvgIpc) is 4.12. The van der Waals surface area contributed by atoms with Gasteiger partial charge in [-0.25, -0.2) is 0 Å². The van der Waals surface area contributed by atoms with Gasteiger partial charge in [-0.3, -0.25) is 0 Å². The molecule has 0 saturated carbocycles. The molecule has 12 unspecified atom stereocenters. The van der Waals surface area contributed by atoms with Gasteiger partial charge in [-0.1, -0.05) is 6.42 Å². The summed E-state index contributed by atoms with van der Waals surface area (Å²) < 4.78 is 37.3. The molecule has 0 aliphatic carbocycles. The molecular weight excluding hydrogens is 917 g/mol. The minimum Gasteiger partial charge on any atom is -0.302 e. The van der Waals surface area contributed by atoms with Gasteiger partial charge in [-0.15, -0.1) is 47.0 Å². The van der Waals surface area contributed by atoms with E-state index in [1.807, 2.05) is 47.0 Å². The second kappa shape index (κ2) is 20.1. The van der Waals surface area contributed by atoms with Crippen molar-refractivity contribution in [3.05, 3.63) is 22.8 Å². The Kier molecular flexibility index (Phi) is 14.2. The minimum atomic E-state index is 0.633. The highest BCUT2D eigenvalue weighted by Crippen LogP contribution is 2.46. The van der Waals surface area contributed by atoms with Gasteiger partial charge in [-0.2, -0.15) is 35.0 Å². The molecule has 12 heterocycles. The van der Waals surface area contributed by atoms with Gasteiger partial charge < -0.3 is 19.6 Å². The number of fused-ring (bicyclic) bond motifs is 8. The molecule has 8 aliphatic heterocycles. The molecule has 12 rings (SSSR count). The van der Waals surface area contributed by atoms with Crippen LogP contribution in [0.4, 0.5) is 0 Å². The Morgan fingerprint density at radius 2 is 0.607 bits per heavy atom. The van der Waals surface area contributed by atoms with Crippen LogP contribution in [0.2, 0.25) is 0 Å². The molecule has 4 aromatic rings. The number of nitrogens with zero attached hydrogens (tertiary/aromatic N) is 12. The van der Waals surface area contributed by atoms with Gasteiger partial charge in [0.25, 0.3) is 0 Å². The number of rotatable bonds is 19. The van der Waals surface area contributed by atoms with E-state index in [-0.39, 0.29) is 0 Å². The molecule has 0 amide bonds. The van der Waals surface area contributed by atoms with E-state index < -0.39 is 0 Å². The molecule has 20 heteroatoms. The highest BCUT2D eigenvalue weighted by atomic mass is 32.2. The predicted octanol–water partition coefficient (Wildman–Crippen LogP) is 8.17. The first kappa shape index (κ1) is 43.1. The summed E-state index contributed by atoms with van der Waals surface area (Å²) in [5.41, 5.74) is 5.20. The molecule has 330 valence electrons. The Labute approximate surface area is 395 Å². The topological polar surface area (TPSA) is 116 Å².